The molecule has 0 N–H and O–H groups in total. The quantitative estimate of drug-likeness (QED) is 0.213. The zero-order valence-electron chi connectivity index (χ0n) is 20.4. The molecule has 11 nitrogen and oxygen atoms in total. The fourth-order valence-electron chi connectivity index (χ4n) is 3.85. The Morgan fingerprint density at radius 1 is 1.19 bits per heavy atom. The predicted octanol–water partition coefficient (Wildman–Crippen LogP) is 3.53. The smallest absolute Gasteiger partial charge is 0.303 e. The van der Waals surface area contributed by atoms with Crippen LogP contribution in [0.4, 0.5) is 0 Å². The van der Waals surface area contributed by atoms with E-state index in [0.717, 1.165) is 11.3 Å². The van der Waals surface area contributed by atoms with Gasteiger partial charge in [0.15, 0.2) is 0 Å². The Morgan fingerprint density at radius 2 is 1.92 bits per heavy atom. The van der Waals surface area contributed by atoms with E-state index >= 15 is 0 Å². The van der Waals surface area contributed by atoms with Crippen molar-refractivity contribution in [1.29, 1.82) is 0 Å². The predicted molar refractivity (Wildman–Crippen MR) is 132 cm³/mol. The Bertz CT molecular complexity index is 1180. The van der Waals surface area contributed by atoms with E-state index in [2.05, 4.69) is 10.0 Å². The first-order valence-electron chi connectivity index (χ1n) is 11.2. The number of esters is 2. The van der Waals surface area contributed by atoms with Crippen LogP contribution in [0.25, 0.3) is 10.4 Å². The molecule has 0 radical (unpaired) electrons. The zero-order chi connectivity index (χ0) is 26.2. The molecular weight excluding hydrogens is 488 g/mol. The highest BCUT2D eigenvalue weighted by molar-refractivity contribution is 7.99. The van der Waals surface area contributed by atoms with Crippen LogP contribution in [-0.4, -0.2) is 53.9 Å². The van der Waals surface area contributed by atoms with Crippen molar-refractivity contribution in [2.45, 2.75) is 55.9 Å². The summed E-state index contributed by atoms with van der Waals surface area (Å²) in [5.41, 5.74) is 9.31. The Hall–Kier alpha value is -3.47. The van der Waals surface area contributed by atoms with Gasteiger partial charge in [-0.3, -0.25) is 14.4 Å². The van der Waals surface area contributed by atoms with Gasteiger partial charge >= 0.3 is 11.9 Å². The molecule has 2 aromatic rings. The second kappa shape index (κ2) is 12.5. The summed E-state index contributed by atoms with van der Waals surface area (Å²) in [5.74, 6) is -0.746. The number of rotatable bonds is 9. The third kappa shape index (κ3) is 7.03. The highest BCUT2D eigenvalue weighted by atomic mass is 32.2. The van der Waals surface area contributed by atoms with Gasteiger partial charge in [0.2, 0.25) is 0 Å². The Labute approximate surface area is 212 Å². The molecule has 36 heavy (non-hydrogen) atoms. The van der Waals surface area contributed by atoms with Crippen LogP contribution in [0.5, 0.6) is 5.75 Å². The van der Waals surface area contributed by atoms with E-state index in [1.807, 2.05) is 24.3 Å². The van der Waals surface area contributed by atoms with E-state index in [1.165, 1.54) is 31.7 Å². The molecule has 12 heteroatoms. The number of hydrogen-bond donors (Lipinski definition) is 0. The van der Waals surface area contributed by atoms with Crippen LogP contribution in [0.1, 0.15) is 26.3 Å². The number of methoxy groups -OCH3 is 1. The molecule has 0 amide bonds. The van der Waals surface area contributed by atoms with Crippen molar-refractivity contribution in [2.75, 3.05) is 13.7 Å². The first-order chi connectivity index (χ1) is 17.2. The van der Waals surface area contributed by atoms with Gasteiger partial charge < -0.3 is 23.5 Å². The summed E-state index contributed by atoms with van der Waals surface area (Å²) in [6, 6.07) is 10.00. The van der Waals surface area contributed by atoms with E-state index in [9.17, 15) is 14.4 Å². The summed E-state index contributed by atoms with van der Waals surface area (Å²) >= 11 is 1.28. The lowest BCUT2D eigenvalue weighted by atomic mass is 9.91. The number of ether oxygens (including phenoxy) is 4. The van der Waals surface area contributed by atoms with E-state index in [4.69, 9.17) is 24.5 Å². The van der Waals surface area contributed by atoms with Gasteiger partial charge in [-0.1, -0.05) is 35.9 Å². The van der Waals surface area contributed by atoms with Crippen molar-refractivity contribution in [3.63, 3.8) is 0 Å². The molecule has 0 bridgehead atoms. The number of benzene rings is 1. The number of pyridine rings is 1. The number of carbonyl (C=O) groups is 2. The average molecular weight is 517 g/mol. The van der Waals surface area contributed by atoms with Crippen LogP contribution in [0.3, 0.4) is 0 Å². The van der Waals surface area contributed by atoms with Crippen molar-refractivity contribution in [3.05, 3.63) is 69.0 Å². The van der Waals surface area contributed by atoms with Gasteiger partial charge in [-0.15, -0.1) is 0 Å². The lowest BCUT2D eigenvalue weighted by molar-refractivity contribution is -0.182. The number of aromatic nitrogens is 1. The van der Waals surface area contributed by atoms with E-state index in [-0.39, 0.29) is 18.1 Å². The lowest BCUT2D eigenvalue weighted by Crippen LogP contribution is -2.55. The van der Waals surface area contributed by atoms with E-state index in [0.29, 0.717) is 11.4 Å². The van der Waals surface area contributed by atoms with Crippen LogP contribution >= 0.6 is 11.8 Å². The topological polar surface area (TPSA) is 142 Å². The molecule has 1 aliphatic heterocycles. The number of carbonyl (C=O) groups excluding carboxylic acids is 2. The molecule has 0 spiro atoms. The van der Waals surface area contributed by atoms with Gasteiger partial charge in [-0.05, 0) is 29.3 Å². The summed E-state index contributed by atoms with van der Waals surface area (Å²) in [6.07, 6.45) is -0.0785. The summed E-state index contributed by atoms with van der Waals surface area (Å²) < 4.78 is 23.4. The van der Waals surface area contributed by atoms with Crippen molar-refractivity contribution in [2.24, 2.45) is 11.0 Å². The van der Waals surface area contributed by atoms with E-state index in [1.54, 1.807) is 30.9 Å². The minimum Gasteiger partial charge on any atom is -0.497 e. The zero-order valence-corrected chi connectivity index (χ0v) is 21.2. The molecule has 1 aromatic heterocycles. The number of thioether (sulfide) groups is 1. The van der Waals surface area contributed by atoms with E-state index < -0.39 is 35.6 Å². The Balaban J connectivity index is 1.79. The average Bonchev–Trinajstić information content (AvgIpc) is 2.84. The second-order valence-corrected chi connectivity index (χ2v) is 9.44. The normalized spacial score (nSPS) is 23.3. The molecule has 0 saturated carbocycles. The van der Waals surface area contributed by atoms with Gasteiger partial charge in [0.1, 0.15) is 30.0 Å². The van der Waals surface area contributed by atoms with Gasteiger partial charge in [0, 0.05) is 41.8 Å². The van der Waals surface area contributed by atoms with Crippen LogP contribution in [-0.2, 0) is 30.3 Å². The SMILES string of the molecule is COc1ccc(Cn2ccc(S[C@H]3OC(COC(C)=O)[C@H](OC(C)=O)[C@H](N=[N+]=[N-])C3C)cc2=O)cc1. The van der Waals surface area contributed by atoms with Crippen LogP contribution in [0.2, 0.25) is 0 Å². The van der Waals surface area contributed by atoms with Gasteiger partial charge in [-0.25, -0.2) is 0 Å². The fourth-order valence-corrected chi connectivity index (χ4v) is 5.00. The summed E-state index contributed by atoms with van der Waals surface area (Å²) in [7, 11) is 1.59. The monoisotopic (exact) mass is 516 g/mol. The first-order valence-corrected chi connectivity index (χ1v) is 12.1. The molecule has 5 atom stereocenters. The third-order valence-corrected chi connectivity index (χ3v) is 6.95. The standard InChI is InChI=1S/C24H28N4O7S/c1-14-22(26-27-25)23(34-16(3)30)20(13-33-15(2)29)35-24(14)36-19-9-10-28(21(31)11-19)12-17-5-7-18(32-4)8-6-17/h5-11,14,20,22-24H,12-13H2,1-4H3/t14?,20?,22-,23+,24-/m1/s1. The molecule has 192 valence electrons. The molecule has 1 fully saturated rings. The van der Waals surface area contributed by atoms with Crippen LogP contribution in [0, 0.1) is 5.92 Å². The largest absolute Gasteiger partial charge is 0.497 e. The molecule has 2 unspecified atom stereocenters. The lowest BCUT2D eigenvalue weighted by Gasteiger charge is -2.43. The first kappa shape index (κ1) is 27.1. The fraction of sp³-hybridized carbons (Fsp3) is 0.458. The maximum atomic E-state index is 12.8. The van der Waals surface area contributed by atoms with Crippen LogP contribution < -0.4 is 10.3 Å². The Morgan fingerprint density at radius 3 is 2.50 bits per heavy atom. The van der Waals surface area contributed by atoms with Crippen LogP contribution in [0.15, 0.2) is 57.4 Å². The maximum Gasteiger partial charge on any atom is 0.303 e. The second-order valence-electron chi connectivity index (χ2n) is 8.27. The summed E-state index contributed by atoms with van der Waals surface area (Å²) in [6.45, 7) is 4.52. The molecule has 0 aliphatic carbocycles. The van der Waals surface area contributed by atoms with Crippen molar-refractivity contribution in [1.82, 2.24) is 4.57 Å². The van der Waals surface area contributed by atoms with Crippen molar-refractivity contribution < 1.29 is 28.5 Å². The number of hydrogen-bond acceptors (Lipinski definition) is 9. The maximum absolute atomic E-state index is 12.8. The summed E-state index contributed by atoms with van der Waals surface area (Å²) in [4.78, 5) is 39.4. The molecule has 1 aliphatic rings. The number of nitrogens with zero attached hydrogens (tertiary/aromatic N) is 4. The highest BCUT2D eigenvalue weighted by Gasteiger charge is 2.46. The Kier molecular flexibility index (Phi) is 9.40. The van der Waals surface area contributed by atoms with Gasteiger partial charge in [-0.2, -0.15) is 0 Å². The van der Waals surface area contributed by atoms with Gasteiger partial charge in [0.25, 0.3) is 5.56 Å². The highest BCUT2D eigenvalue weighted by Crippen LogP contribution is 2.39. The molecule has 3 rings (SSSR count). The minimum atomic E-state index is -0.929. The molecular formula is C24H28N4O7S. The minimum absolute atomic E-state index is 0.183. The van der Waals surface area contributed by atoms with Crippen molar-refractivity contribution >= 4 is 23.7 Å². The molecule has 1 saturated heterocycles. The van der Waals surface area contributed by atoms with Crippen molar-refractivity contribution in [3.8, 4) is 5.75 Å². The summed E-state index contributed by atoms with van der Waals surface area (Å²) in [5, 5.41) is 3.85. The molecule has 1 aromatic carbocycles. The molecule has 2 heterocycles. The van der Waals surface area contributed by atoms with Gasteiger partial charge in [0.05, 0.1) is 19.7 Å². The number of azide groups is 1. The third-order valence-electron chi connectivity index (χ3n) is 5.65.